The molecule has 3 nitrogen and oxygen atoms in total. The molecule has 1 saturated heterocycles. The third kappa shape index (κ3) is 3.35. The van der Waals surface area contributed by atoms with Crippen LogP contribution < -0.4 is 5.32 Å². The van der Waals surface area contributed by atoms with Crippen molar-refractivity contribution in [1.82, 2.24) is 10.2 Å². The highest BCUT2D eigenvalue weighted by atomic mass is 16.1. The van der Waals surface area contributed by atoms with Crippen LogP contribution in [0.2, 0.25) is 0 Å². The minimum Gasteiger partial charge on any atom is -0.356 e. The van der Waals surface area contributed by atoms with Gasteiger partial charge < -0.3 is 10.2 Å². The molecule has 1 heterocycles. The Balaban J connectivity index is 2.28. The molecular formula is C10H20N2O. The number of piperidine rings is 1. The normalized spacial score (nSPS) is 24.3. The number of nitrogens with one attached hydrogen (secondary N) is 1. The molecule has 0 aromatic carbocycles. The summed E-state index contributed by atoms with van der Waals surface area (Å²) in [5, 5.41) is 2.96. The van der Waals surface area contributed by atoms with Crippen molar-refractivity contribution in [1.29, 1.82) is 0 Å². The van der Waals surface area contributed by atoms with Crippen molar-refractivity contribution in [2.75, 3.05) is 26.7 Å². The highest BCUT2D eigenvalue weighted by Gasteiger charge is 2.22. The smallest absolute Gasteiger partial charge is 0.224 e. The van der Waals surface area contributed by atoms with E-state index in [0.29, 0.717) is 0 Å². The first-order valence-corrected chi connectivity index (χ1v) is 5.20. The molecule has 1 aliphatic rings. The summed E-state index contributed by atoms with van der Waals surface area (Å²) >= 11 is 0. The monoisotopic (exact) mass is 184 g/mol. The molecule has 3 heteroatoms. The molecule has 13 heavy (non-hydrogen) atoms. The van der Waals surface area contributed by atoms with Crippen molar-refractivity contribution < 1.29 is 4.79 Å². The summed E-state index contributed by atoms with van der Waals surface area (Å²) in [5.41, 5.74) is 0. The molecule has 0 saturated carbocycles. The Morgan fingerprint density at radius 1 is 1.62 bits per heavy atom. The van der Waals surface area contributed by atoms with Crippen molar-refractivity contribution in [3.05, 3.63) is 0 Å². The molecule has 1 aliphatic heterocycles. The number of rotatable bonds is 3. The second kappa shape index (κ2) is 5.22. The van der Waals surface area contributed by atoms with E-state index in [4.69, 9.17) is 0 Å². The van der Waals surface area contributed by atoms with Gasteiger partial charge in [-0.15, -0.1) is 0 Å². The Hall–Kier alpha value is -0.570. The van der Waals surface area contributed by atoms with Gasteiger partial charge in [0.05, 0.1) is 5.92 Å². The number of carbonyl (C=O) groups is 1. The van der Waals surface area contributed by atoms with Gasteiger partial charge in [-0.1, -0.05) is 6.92 Å². The van der Waals surface area contributed by atoms with E-state index < -0.39 is 0 Å². The van der Waals surface area contributed by atoms with Gasteiger partial charge in [0.25, 0.3) is 0 Å². The molecule has 0 aromatic heterocycles. The molecule has 1 fully saturated rings. The number of hydrogen-bond acceptors (Lipinski definition) is 2. The van der Waals surface area contributed by atoms with Crippen LogP contribution in [0.3, 0.4) is 0 Å². The summed E-state index contributed by atoms with van der Waals surface area (Å²) in [4.78, 5) is 13.8. The number of likely N-dealkylation sites (tertiary alicyclic amines) is 1. The summed E-state index contributed by atoms with van der Waals surface area (Å²) in [6.07, 6.45) is 3.23. The second-order valence-electron chi connectivity index (χ2n) is 3.89. The van der Waals surface area contributed by atoms with Crippen LogP contribution in [0.15, 0.2) is 0 Å². The molecule has 1 amide bonds. The second-order valence-corrected chi connectivity index (χ2v) is 3.89. The van der Waals surface area contributed by atoms with E-state index in [9.17, 15) is 4.79 Å². The lowest BCUT2D eigenvalue weighted by Crippen LogP contribution is -2.41. The number of nitrogens with zero attached hydrogens (tertiary/aromatic N) is 1. The van der Waals surface area contributed by atoms with Gasteiger partial charge in [-0.05, 0) is 32.9 Å². The molecule has 1 unspecified atom stereocenters. The standard InChI is InChI=1S/C10H20N2O/c1-3-6-11-10(13)9-5-4-7-12(2)8-9/h9H,3-8H2,1-2H3,(H,11,13). The quantitative estimate of drug-likeness (QED) is 0.705. The molecule has 76 valence electrons. The third-order valence-corrected chi connectivity index (χ3v) is 2.54. The fraction of sp³-hybridized carbons (Fsp3) is 0.900. The van der Waals surface area contributed by atoms with Crippen LogP contribution in [0, 0.1) is 5.92 Å². The van der Waals surface area contributed by atoms with Gasteiger partial charge in [-0.2, -0.15) is 0 Å². The van der Waals surface area contributed by atoms with E-state index in [1.807, 2.05) is 0 Å². The molecule has 0 radical (unpaired) electrons. The minimum absolute atomic E-state index is 0.227. The maximum atomic E-state index is 11.6. The first kappa shape index (κ1) is 10.5. The number of hydrogen-bond donors (Lipinski definition) is 1. The van der Waals surface area contributed by atoms with Crippen LogP contribution in [0.25, 0.3) is 0 Å². The Morgan fingerprint density at radius 2 is 2.38 bits per heavy atom. The molecule has 0 bridgehead atoms. The van der Waals surface area contributed by atoms with Gasteiger partial charge >= 0.3 is 0 Å². The first-order chi connectivity index (χ1) is 6.24. The lowest BCUT2D eigenvalue weighted by atomic mass is 9.98. The fourth-order valence-electron chi connectivity index (χ4n) is 1.77. The van der Waals surface area contributed by atoms with Crippen LogP contribution in [-0.4, -0.2) is 37.5 Å². The van der Waals surface area contributed by atoms with Crippen LogP contribution in [0.4, 0.5) is 0 Å². The van der Waals surface area contributed by atoms with Crippen molar-refractivity contribution in [2.24, 2.45) is 5.92 Å². The largest absolute Gasteiger partial charge is 0.356 e. The zero-order valence-corrected chi connectivity index (χ0v) is 8.68. The Bertz CT molecular complexity index is 170. The van der Waals surface area contributed by atoms with E-state index in [0.717, 1.165) is 38.9 Å². The van der Waals surface area contributed by atoms with E-state index >= 15 is 0 Å². The van der Waals surface area contributed by atoms with E-state index in [1.165, 1.54) is 0 Å². The maximum absolute atomic E-state index is 11.6. The Kier molecular flexibility index (Phi) is 4.22. The van der Waals surface area contributed by atoms with Gasteiger partial charge in [0.15, 0.2) is 0 Å². The van der Waals surface area contributed by atoms with Crippen LogP contribution in [0.5, 0.6) is 0 Å². The highest BCUT2D eigenvalue weighted by Crippen LogP contribution is 2.14. The minimum atomic E-state index is 0.227. The zero-order chi connectivity index (χ0) is 9.68. The van der Waals surface area contributed by atoms with Crippen LogP contribution >= 0.6 is 0 Å². The molecule has 0 aliphatic carbocycles. The van der Waals surface area contributed by atoms with Gasteiger partial charge in [-0.3, -0.25) is 4.79 Å². The van der Waals surface area contributed by atoms with E-state index in [1.54, 1.807) is 0 Å². The SMILES string of the molecule is CCCNC(=O)C1CCCN(C)C1. The van der Waals surface area contributed by atoms with Gasteiger partial charge in [0.1, 0.15) is 0 Å². The Morgan fingerprint density at radius 3 is 3.00 bits per heavy atom. The van der Waals surface area contributed by atoms with Crippen LogP contribution in [0.1, 0.15) is 26.2 Å². The fourth-order valence-corrected chi connectivity index (χ4v) is 1.77. The summed E-state index contributed by atoms with van der Waals surface area (Å²) < 4.78 is 0. The highest BCUT2D eigenvalue weighted by molar-refractivity contribution is 5.78. The lowest BCUT2D eigenvalue weighted by Gasteiger charge is -2.28. The molecular weight excluding hydrogens is 164 g/mol. The zero-order valence-electron chi connectivity index (χ0n) is 8.68. The number of amides is 1. The van der Waals surface area contributed by atoms with Crippen molar-refractivity contribution in [2.45, 2.75) is 26.2 Å². The van der Waals surface area contributed by atoms with Gasteiger partial charge in [0.2, 0.25) is 5.91 Å². The molecule has 1 rings (SSSR count). The summed E-state index contributed by atoms with van der Waals surface area (Å²) in [7, 11) is 2.08. The number of carbonyl (C=O) groups excluding carboxylic acids is 1. The van der Waals surface area contributed by atoms with Crippen molar-refractivity contribution >= 4 is 5.91 Å². The summed E-state index contributed by atoms with van der Waals surface area (Å²) in [5.74, 6) is 0.471. The molecule has 1 N–H and O–H groups in total. The van der Waals surface area contributed by atoms with Gasteiger partial charge in [-0.25, -0.2) is 0 Å². The maximum Gasteiger partial charge on any atom is 0.224 e. The third-order valence-electron chi connectivity index (χ3n) is 2.54. The predicted molar refractivity (Wildman–Crippen MR) is 53.5 cm³/mol. The summed E-state index contributed by atoms with van der Waals surface area (Å²) in [6.45, 7) is 4.96. The first-order valence-electron chi connectivity index (χ1n) is 5.20. The average Bonchev–Trinajstić information content (AvgIpc) is 2.14. The van der Waals surface area contributed by atoms with E-state index in [2.05, 4.69) is 24.2 Å². The topological polar surface area (TPSA) is 32.3 Å². The Labute approximate surface area is 80.5 Å². The van der Waals surface area contributed by atoms with Gasteiger partial charge in [0, 0.05) is 13.1 Å². The molecule has 0 spiro atoms. The van der Waals surface area contributed by atoms with Crippen LogP contribution in [-0.2, 0) is 4.79 Å². The predicted octanol–water partition coefficient (Wildman–Crippen LogP) is 0.854. The molecule has 1 atom stereocenters. The molecule has 0 aromatic rings. The average molecular weight is 184 g/mol. The lowest BCUT2D eigenvalue weighted by molar-refractivity contribution is -0.126. The summed E-state index contributed by atoms with van der Waals surface area (Å²) in [6, 6.07) is 0. The van der Waals surface area contributed by atoms with Crippen molar-refractivity contribution in [3.63, 3.8) is 0 Å². The van der Waals surface area contributed by atoms with Crippen molar-refractivity contribution in [3.8, 4) is 0 Å². The van der Waals surface area contributed by atoms with E-state index in [-0.39, 0.29) is 11.8 Å².